The van der Waals surface area contributed by atoms with Gasteiger partial charge >= 0.3 is 0 Å². The molecule has 7 aromatic carbocycles. The third kappa shape index (κ3) is 7.24. The second-order valence-corrected chi connectivity index (χ2v) is 14.1. The molecule has 7 rings (SSSR count). The summed E-state index contributed by atoms with van der Waals surface area (Å²) in [7, 11) is 0. The Morgan fingerprint density at radius 2 is 0.840 bits per heavy atom. The van der Waals surface area contributed by atoms with Crippen LogP contribution in [0, 0.1) is 13.8 Å². The minimum absolute atomic E-state index is 0.176. The Kier molecular flexibility index (Phi) is 10.1. The van der Waals surface area contributed by atoms with Gasteiger partial charge in [0.2, 0.25) is 0 Å². The topological polar surface area (TPSA) is 3.24 Å². The molecule has 250 valence electrons. The first kappa shape index (κ1) is 33.4. The van der Waals surface area contributed by atoms with Crippen LogP contribution >= 0.6 is 0 Å². The smallest absolute Gasteiger partial charge is 0.0468 e. The molecule has 0 saturated carbocycles. The second kappa shape index (κ2) is 15.2. The molecule has 0 fully saturated rings. The summed E-state index contributed by atoms with van der Waals surface area (Å²) < 4.78 is 0. The lowest BCUT2D eigenvalue weighted by Crippen LogP contribution is -2.10. The van der Waals surface area contributed by atoms with Crippen LogP contribution in [0.4, 0.5) is 17.1 Å². The molecule has 0 aliphatic heterocycles. The molecule has 0 aromatic heterocycles. The summed E-state index contributed by atoms with van der Waals surface area (Å²) in [6, 6.07) is 55.1. The molecule has 1 atom stereocenters. The molecule has 0 heterocycles. The third-order valence-corrected chi connectivity index (χ3v) is 10.3. The van der Waals surface area contributed by atoms with Gasteiger partial charge in [0, 0.05) is 23.0 Å². The van der Waals surface area contributed by atoms with Gasteiger partial charge in [0.05, 0.1) is 0 Å². The van der Waals surface area contributed by atoms with E-state index in [1.165, 1.54) is 103 Å². The molecule has 0 bridgehead atoms. The summed E-state index contributed by atoms with van der Waals surface area (Å²) in [5.41, 5.74) is 12.9. The third-order valence-electron chi connectivity index (χ3n) is 10.3. The van der Waals surface area contributed by atoms with E-state index in [0.717, 1.165) is 12.8 Å². The van der Waals surface area contributed by atoms with Crippen molar-refractivity contribution in [1.29, 1.82) is 0 Å². The molecular formula is C49H49N. The van der Waals surface area contributed by atoms with Gasteiger partial charge in [-0.1, -0.05) is 147 Å². The molecule has 1 heteroatoms. The predicted octanol–water partition coefficient (Wildman–Crippen LogP) is 13.9. The zero-order valence-electron chi connectivity index (χ0n) is 30.1. The Bertz CT molecular complexity index is 2010. The van der Waals surface area contributed by atoms with E-state index in [4.69, 9.17) is 0 Å². The first-order valence-electron chi connectivity index (χ1n) is 18.6. The lowest BCUT2D eigenvalue weighted by atomic mass is 9.83. The summed E-state index contributed by atoms with van der Waals surface area (Å²) in [5.74, 6) is 0.176. The molecule has 0 spiro atoms. The number of nitrogens with zero attached hydrogens (tertiary/aromatic N) is 1. The van der Waals surface area contributed by atoms with Gasteiger partial charge in [0.25, 0.3) is 0 Å². The van der Waals surface area contributed by atoms with Crippen molar-refractivity contribution >= 4 is 38.6 Å². The average Bonchev–Trinajstić information content (AvgIpc) is 3.15. The number of rotatable bonds is 12. The van der Waals surface area contributed by atoms with Crippen molar-refractivity contribution in [3.8, 4) is 0 Å². The highest BCUT2D eigenvalue weighted by Gasteiger charge is 2.19. The predicted molar refractivity (Wildman–Crippen MR) is 217 cm³/mol. The molecule has 0 N–H and O–H groups in total. The van der Waals surface area contributed by atoms with Gasteiger partial charge in [-0.3, -0.25) is 0 Å². The van der Waals surface area contributed by atoms with Crippen molar-refractivity contribution in [3.05, 3.63) is 185 Å². The Morgan fingerprint density at radius 1 is 0.420 bits per heavy atom. The fraction of sp³-hybridized carbons (Fsp3) is 0.224. The summed E-state index contributed by atoms with van der Waals surface area (Å²) in [6.45, 7) is 8.83. The molecule has 1 unspecified atom stereocenters. The van der Waals surface area contributed by atoms with Crippen LogP contribution in [0.25, 0.3) is 21.5 Å². The van der Waals surface area contributed by atoms with Crippen molar-refractivity contribution < 1.29 is 0 Å². The fourth-order valence-electron chi connectivity index (χ4n) is 7.32. The van der Waals surface area contributed by atoms with Crippen LogP contribution in [-0.2, 0) is 12.8 Å². The van der Waals surface area contributed by atoms with Crippen LogP contribution in [-0.4, -0.2) is 0 Å². The summed E-state index contributed by atoms with van der Waals surface area (Å²) in [5, 5.41) is 5.09. The Hall–Kier alpha value is -5.14. The molecule has 0 amide bonds. The van der Waals surface area contributed by atoms with E-state index in [-0.39, 0.29) is 5.92 Å². The highest BCUT2D eigenvalue weighted by Crippen LogP contribution is 2.39. The van der Waals surface area contributed by atoms with E-state index in [9.17, 15) is 0 Å². The second-order valence-electron chi connectivity index (χ2n) is 14.1. The van der Waals surface area contributed by atoms with E-state index >= 15 is 0 Å². The van der Waals surface area contributed by atoms with Crippen LogP contribution < -0.4 is 4.90 Å². The summed E-state index contributed by atoms with van der Waals surface area (Å²) >= 11 is 0. The first-order chi connectivity index (χ1) is 24.5. The Morgan fingerprint density at radius 3 is 1.40 bits per heavy atom. The molecule has 0 radical (unpaired) electrons. The van der Waals surface area contributed by atoms with E-state index in [1.807, 2.05) is 0 Å². The van der Waals surface area contributed by atoms with E-state index in [2.05, 4.69) is 178 Å². The maximum atomic E-state index is 2.41. The maximum absolute atomic E-state index is 2.41. The van der Waals surface area contributed by atoms with Crippen LogP contribution in [0.1, 0.15) is 84.4 Å². The highest BCUT2D eigenvalue weighted by molar-refractivity contribution is 6.08. The molecule has 0 aliphatic carbocycles. The number of benzene rings is 7. The minimum atomic E-state index is 0.176. The Labute approximate surface area is 299 Å². The first-order valence-corrected chi connectivity index (χ1v) is 18.6. The molecular weight excluding hydrogens is 603 g/mol. The normalized spacial score (nSPS) is 12.0. The van der Waals surface area contributed by atoms with Gasteiger partial charge in [-0.2, -0.15) is 0 Å². The number of unbranched alkanes of at least 4 members (excludes halogenated alkanes) is 2. The van der Waals surface area contributed by atoms with E-state index < -0.39 is 0 Å². The van der Waals surface area contributed by atoms with Crippen molar-refractivity contribution in [2.45, 2.75) is 72.1 Å². The maximum Gasteiger partial charge on any atom is 0.0468 e. The van der Waals surface area contributed by atoms with Crippen molar-refractivity contribution in [1.82, 2.24) is 0 Å². The van der Waals surface area contributed by atoms with Gasteiger partial charge in [-0.15, -0.1) is 0 Å². The average molecular weight is 652 g/mol. The number of fused-ring (bicyclic) bond motifs is 3. The summed E-state index contributed by atoms with van der Waals surface area (Å²) in [4.78, 5) is 2.38. The lowest BCUT2D eigenvalue weighted by molar-refractivity contribution is 0.794. The standard InChI is InChI=1S/C49H49N/c1-5-7-9-37-15-21-40(22-16-37)49(39-19-11-35(3)12-20-39)43-25-31-47-41(33-43)23-24-42-34-46(30-32-48(42)47)50(44-26-13-36(4)14-27-44)45-28-17-38(18-29-45)10-8-6-2/h11-34,49H,5-10H2,1-4H3. The van der Waals surface area contributed by atoms with E-state index in [1.54, 1.807) is 0 Å². The molecule has 7 aromatic rings. The van der Waals surface area contributed by atoms with Gasteiger partial charge < -0.3 is 4.90 Å². The number of hydrogen-bond acceptors (Lipinski definition) is 1. The van der Waals surface area contributed by atoms with Crippen LogP contribution in [0.2, 0.25) is 0 Å². The van der Waals surface area contributed by atoms with Crippen LogP contribution in [0.15, 0.2) is 146 Å². The van der Waals surface area contributed by atoms with Crippen molar-refractivity contribution in [2.75, 3.05) is 4.90 Å². The van der Waals surface area contributed by atoms with E-state index in [0.29, 0.717) is 0 Å². The Balaban J connectivity index is 1.27. The zero-order valence-corrected chi connectivity index (χ0v) is 30.1. The van der Waals surface area contributed by atoms with Crippen LogP contribution in [0.5, 0.6) is 0 Å². The number of anilines is 3. The van der Waals surface area contributed by atoms with Crippen molar-refractivity contribution in [3.63, 3.8) is 0 Å². The molecule has 0 saturated heterocycles. The highest BCUT2D eigenvalue weighted by atomic mass is 15.1. The SMILES string of the molecule is CCCCc1ccc(C(c2ccc(C)cc2)c2ccc3c(ccc4cc(N(c5ccc(C)cc5)c5ccc(CCCC)cc5)ccc43)c2)cc1. The molecule has 0 aliphatic rings. The van der Waals surface area contributed by atoms with Crippen LogP contribution in [0.3, 0.4) is 0 Å². The van der Waals surface area contributed by atoms with Gasteiger partial charge in [-0.25, -0.2) is 0 Å². The van der Waals surface area contributed by atoms with Gasteiger partial charge in [0.15, 0.2) is 0 Å². The lowest BCUT2D eigenvalue weighted by Gasteiger charge is -2.26. The zero-order chi connectivity index (χ0) is 34.5. The number of aryl methyl sites for hydroxylation is 4. The fourth-order valence-corrected chi connectivity index (χ4v) is 7.32. The summed E-state index contributed by atoms with van der Waals surface area (Å²) in [6.07, 6.45) is 7.16. The van der Waals surface area contributed by atoms with Gasteiger partial charge in [-0.05, 0) is 125 Å². The van der Waals surface area contributed by atoms with Crippen molar-refractivity contribution in [2.24, 2.45) is 0 Å². The largest absolute Gasteiger partial charge is 0.310 e. The van der Waals surface area contributed by atoms with Gasteiger partial charge in [0.1, 0.15) is 0 Å². The number of hydrogen-bond donors (Lipinski definition) is 0. The minimum Gasteiger partial charge on any atom is -0.310 e. The molecule has 50 heavy (non-hydrogen) atoms. The quantitative estimate of drug-likeness (QED) is 0.0939. The molecule has 1 nitrogen and oxygen atoms in total. The monoisotopic (exact) mass is 651 g/mol.